The highest BCUT2D eigenvalue weighted by molar-refractivity contribution is 6.29. The molecule has 0 aliphatic rings. The minimum Gasteiger partial charge on any atom is -0.305 e. The normalized spacial score (nSPS) is 9.74. The monoisotopic (exact) mass is 272 g/mol. The highest BCUT2D eigenvalue weighted by atomic mass is 35.5. The molecule has 19 heavy (non-hydrogen) atoms. The molecule has 0 unspecified atom stereocenters. The van der Waals surface area contributed by atoms with E-state index in [2.05, 4.69) is 20.1 Å². The van der Waals surface area contributed by atoms with Gasteiger partial charge in [0.1, 0.15) is 16.7 Å². The van der Waals surface area contributed by atoms with E-state index in [4.69, 9.17) is 18.2 Å². The molecule has 1 N–H and O–H groups in total. The summed E-state index contributed by atoms with van der Waals surface area (Å²) in [5.41, 5.74) is 1.15. The van der Waals surface area contributed by atoms with Crippen molar-refractivity contribution in [2.45, 2.75) is 6.92 Å². The van der Waals surface area contributed by atoms with Gasteiger partial charge in [0.25, 0.3) is 5.91 Å². The maximum absolute atomic E-state index is 12.0. The molecule has 94 valence electrons. The van der Waals surface area contributed by atoms with Crippen LogP contribution in [0.15, 0.2) is 30.3 Å². The Morgan fingerprint density at radius 3 is 2.84 bits per heavy atom. The van der Waals surface area contributed by atoms with Crippen LogP contribution in [0.4, 0.5) is 11.5 Å². The average molecular weight is 273 g/mol. The number of amides is 1. The van der Waals surface area contributed by atoms with E-state index in [1.165, 1.54) is 6.07 Å². The molecule has 0 radical (unpaired) electrons. The van der Waals surface area contributed by atoms with Crippen LogP contribution >= 0.6 is 11.6 Å². The predicted octanol–water partition coefficient (Wildman–Crippen LogP) is 3.24. The van der Waals surface area contributed by atoms with Gasteiger partial charge in [0.05, 0.1) is 6.57 Å². The SMILES string of the molecule is [C-]#[N+]c1cc(C)nc(C(=O)Nc2cccc(Cl)n2)c1. The van der Waals surface area contributed by atoms with Crippen LogP contribution in [0.2, 0.25) is 5.15 Å². The molecule has 6 heteroatoms. The van der Waals surface area contributed by atoms with Gasteiger partial charge in [-0.1, -0.05) is 17.7 Å². The van der Waals surface area contributed by atoms with Crippen LogP contribution in [0.1, 0.15) is 16.2 Å². The maximum atomic E-state index is 12.0. The largest absolute Gasteiger partial charge is 0.305 e. The van der Waals surface area contributed by atoms with Gasteiger partial charge >= 0.3 is 0 Å². The number of carbonyl (C=O) groups is 1. The number of anilines is 1. The molecule has 1 amide bonds. The third-order valence-corrected chi connectivity index (χ3v) is 2.47. The number of aromatic nitrogens is 2. The number of aryl methyl sites for hydroxylation is 1. The van der Waals surface area contributed by atoms with Crippen molar-refractivity contribution in [1.82, 2.24) is 9.97 Å². The van der Waals surface area contributed by atoms with Gasteiger partial charge in [0, 0.05) is 5.69 Å². The van der Waals surface area contributed by atoms with Crippen LogP contribution in [0.3, 0.4) is 0 Å². The number of halogens is 1. The first-order valence-electron chi connectivity index (χ1n) is 5.38. The van der Waals surface area contributed by atoms with Gasteiger partial charge in [-0.15, -0.1) is 0 Å². The Morgan fingerprint density at radius 2 is 2.16 bits per heavy atom. The molecule has 0 saturated heterocycles. The molecule has 0 spiro atoms. The summed E-state index contributed by atoms with van der Waals surface area (Å²) in [5.74, 6) is -0.0893. The summed E-state index contributed by atoms with van der Waals surface area (Å²) in [6.45, 7) is 8.69. The van der Waals surface area contributed by atoms with Gasteiger partial charge in [-0.2, -0.15) is 0 Å². The Kier molecular flexibility index (Phi) is 3.74. The highest BCUT2D eigenvalue weighted by Crippen LogP contribution is 2.16. The van der Waals surface area contributed by atoms with Crippen molar-refractivity contribution in [2.24, 2.45) is 0 Å². The number of hydrogen-bond acceptors (Lipinski definition) is 3. The van der Waals surface area contributed by atoms with E-state index in [0.717, 1.165) is 0 Å². The lowest BCUT2D eigenvalue weighted by Gasteiger charge is -2.05. The minimum atomic E-state index is -0.427. The van der Waals surface area contributed by atoms with Crippen LogP contribution in [-0.2, 0) is 0 Å². The number of pyridine rings is 2. The molecule has 2 rings (SSSR count). The second-order valence-corrected chi connectivity index (χ2v) is 4.15. The van der Waals surface area contributed by atoms with Crippen LogP contribution in [0.25, 0.3) is 4.85 Å². The Bertz CT molecular complexity index is 679. The van der Waals surface area contributed by atoms with Crippen molar-refractivity contribution in [3.8, 4) is 0 Å². The highest BCUT2D eigenvalue weighted by Gasteiger charge is 2.10. The molecule has 0 atom stereocenters. The Labute approximate surface area is 115 Å². The van der Waals surface area contributed by atoms with Crippen molar-refractivity contribution in [2.75, 3.05) is 5.32 Å². The van der Waals surface area contributed by atoms with E-state index >= 15 is 0 Å². The molecule has 2 aromatic rings. The third kappa shape index (κ3) is 3.27. The van der Waals surface area contributed by atoms with Gasteiger partial charge in [0.2, 0.25) is 0 Å². The van der Waals surface area contributed by atoms with E-state index in [0.29, 0.717) is 17.2 Å². The number of nitrogens with one attached hydrogen (secondary N) is 1. The molecular weight excluding hydrogens is 264 g/mol. The molecule has 0 bridgehead atoms. The summed E-state index contributed by atoms with van der Waals surface area (Å²) in [7, 11) is 0. The van der Waals surface area contributed by atoms with E-state index in [1.54, 1.807) is 31.2 Å². The smallest absolute Gasteiger partial charge is 0.274 e. The Morgan fingerprint density at radius 1 is 1.37 bits per heavy atom. The summed E-state index contributed by atoms with van der Waals surface area (Å²) in [5, 5.41) is 2.87. The van der Waals surface area contributed by atoms with Crippen molar-refractivity contribution >= 4 is 29.0 Å². The molecule has 2 aromatic heterocycles. The number of carbonyl (C=O) groups excluding carboxylic acids is 1. The standard InChI is InChI=1S/C13H9ClN4O/c1-8-6-9(15-2)7-10(16-8)13(19)18-12-5-3-4-11(14)17-12/h3-7H,1H3,(H,17,18,19). The predicted molar refractivity (Wildman–Crippen MR) is 72.4 cm³/mol. The summed E-state index contributed by atoms with van der Waals surface area (Å²) >= 11 is 5.73. The Balaban J connectivity index is 2.25. The molecule has 0 aliphatic carbocycles. The molecule has 2 heterocycles. The third-order valence-electron chi connectivity index (χ3n) is 2.26. The zero-order chi connectivity index (χ0) is 13.8. The lowest BCUT2D eigenvalue weighted by Crippen LogP contribution is -2.14. The molecule has 0 fully saturated rings. The Hall–Kier alpha value is -2.45. The van der Waals surface area contributed by atoms with Crippen LogP contribution in [-0.4, -0.2) is 15.9 Å². The lowest BCUT2D eigenvalue weighted by molar-refractivity contribution is 0.102. The quantitative estimate of drug-likeness (QED) is 0.674. The second kappa shape index (κ2) is 5.46. The average Bonchev–Trinajstić information content (AvgIpc) is 2.38. The van der Waals surface area contributed by atoms with Crippen molar-refractivity contribution in [1.29, 1.82) is 0 Å². The van der Waals surface area contributed by atoms with E-state index in [-0.39, 0.29) is 10.8 Å². The molecular formula is C13H9ClN4O. The number of rotatable bonds is 2. The fourth-order valence-corrected chi connectivity index (χ4v) is 1.65. The molecule has 5 nitrogen and oxygen atoms in total. The minimum absolute atomic E-state index is 0.174. The molecule has 0 saturated carbocycles. The van der Waals surface area contributed by atoms with Gasteiger partial charge in [-0.05, 0) is 31.2 Å². The van der Waals surface area contributed by atoms with Crippen LogP contribution in [0, 0.1) is 13.5 Å². The summed E-state index contributed by atoms with van der Waals surface area (Å²) < 4.78 is 0. The van der Waals surface area contributed by atoms with Gasteiger partial charge in [-0.3, -0.25) is 9.78 Å². The summed E-state index contributed by atoms with van der Waals surface area (Å²) in [6.07, 6.45) is 0. The lowest BCUT2D eigenvalue weighted by atomic mass is 10.2. The van der Waals surface area contributed by atoms with Crippen molar-refractivity contribution in [3.05, 3.63) is 58.3 Å². The zero-order valence-electron chi connectivity index (χ0n) is 10.0. The van der Waals surface area contributed by atoms with Crippen molar-refractivity contribution < 1.29 is 4.79 Å². The van der Waals surface area contributed by atoms with Crippen molar-refractivity contribution in [3.63, 3.8) is 0 Å². The fourth-order valence-electron chi connectivity index (χ4n) is 1.49. The summed E-state index contributed by atoms with van der Waals surface area (Å²) in [4.78, 5) is 23.3. The first kappa shape index (κ1) is 13.0. The van der Waals surface area contributed by atoms with Gasteiger partial charge in [-0.25, -0.2) is 9.83 Å². The maximum Gasteiger partial charge on any atom is 0.274 e. The summed E-state index contributed by atoms with van der Waals surface area (Å²) in [6, 6.07) is 7.95. The molecule has 0 aliphatic heterocycles. The first-order chi connectivity index (χ1) is 9.08. The van der Waals surface area contributed by atoms with Gasteiger partial charge < -0.3 is 5.32 Å². The molecule has 0 aromatic carbocycles. The van der Waals surface area contributed by atoms with Crippen LogP contribution < -0.4 is 5.32 Å². The first-order valence-corrected chi connectivity index (χ1v) is 5.76. The van der Waals surface area contributed by atoms with Gasteiger partial charge in [0.15, 0.2) is 5.69 Å². The zero-order valence-corrected chi connectivity index (χ0v) is 10.8. The van der Waals surface area contributed by atoms with E-state index in [9.17, 15) is 4.79 Å². The van der Waals surface area contributed by atoms with E-state index in [1.807, 2.05) is 0 Å². The van der Waals surface area contributed by atoms with Crippen LogP contribution in [0.5, 0.6) is 0 Å². The number of nitrogens with zero attached hydrogens (tertiary/aromatic N) is 3. The number of hydrogen-bond donors (Lipinski definition) is 1. The fraction of sp³-hybridized carbons (Fsp3) is 0.0769. The van der Waals surface area contributed by atoms with E-state index < -0.39 is 5.91 Å². The topological polar surface area (TPSA) is 59.2 Å². The second-order valence-electron chi connectivity index (χ2n) is 3.76.